The van der Waals surface area contributed by atoms with E-state index in [9.17, 15) is 22.8 Å². The number of alkyl halides is 3. The summed E-state index contributed by atoms with van der Waals surface area (Å²) in [5, 5.41) is 0. The second kappa shape index (κ2) is 5.52. The quantitative estimate of drug-likeness (QED) is 0.465. The van der Waals surface area contributed by atoms with E-state index in [1.165, 1.54) is 13.0 Å². The zero-order chi connectivity index (χ0) is 13.8. The van der Waals surface area contributed by atoms with Crippen molar-refractivity contribution in [2.75, 3.05) is 6.61 Å². The summed E-state index contributed by atoms with van der Waals surface area (Å²) in [7, 11) is 0. The molecule has 0 spiro atoms. The molecule has 0 saturated heterocycles. The number of para-hydroxylation sites is 1. The molecule has 0 aliphatic heterocycles. The van der Waals surface area contributed by atoms with E-state index < -0.39 is 29.4 Å². The fourth-order valence-corrected chi connectivity index (χ4v) is 1.12. The maximum Gasteiger partial charge on any atom is 0.422 e. The first-order chi connectivity index (χ1) is 8.36. The third kappa shape index (κ3) is 3.47. The Kier molecular flexibility index (Phi) is 4.30. The Labute approximate surface area is 100 Å². The molecule has 0 bridgehead atoms. The normalized spacial score (nSPS) is 10.9. The van der Waals surface area contributed by atoms with E-state index in [1.807, 2.05) is 0 Å². The van der Waals surface area contributed by atoms with Gasteiger partial charge in [0.1, 0.15) is 5.75 Å². The Hall–Kier alpha value is -2.05. The molecule has 0 N–H and O–H groups in total. The van der Waals surface area contributed by atoms with E-state index in [-0.39, 0.29) is 6.61 Å². The molecule has 0 aliphatic carbocycles. The molecule has 1 aromatic carbocycles. The maximum atomic E-state index is 12.5. The molecule has 0 aliphatic rings. The lowest BCUT2D eigenvalue weighted by Crippen LogP contribution is -2.24. The fourth-order valence-electron chi connectivity index (χ4n) is 1.12. The number of carbonyl (C=O) groups is 2. The minimum Gasteiger partial charge on any atom is -0.458 e. The minimum absolute atomic E-state index is 0.0746. The number of esters is 2. The van der Waals surface area contributed by atoms with Crippen molar-refractivity contribution < 1.29 is 32.2 Å². The van der Waals surface area contributed by atoms with Gasteiger partial charge in [-0.3, -0.25) is 0 Å². The van der Waals surface area contributed by atoms with Gasteiger partial charge in [-0.2, -0.15) is 13.2 Å². The predicted molar refractivity (Wildman–Crippen MR) is 53.7 cm³/mol. The first-order valence-corrected chi connectivity index (χ1v) is 4.91. The smallest absolute Gasteiger partial charge is 0.422 e. The van der Waals surface area contributed by atoms with Crippen LogP contribution in [0.15, 0.2) is 24.3 Å². The number of rotatable bonds is 2. The van der Waals surface area contributed by atoms with Crippen LogP contribution >= 0.6 is 0 Å². The lowest BCUT2D eigenvalue weighted by atomic mass is 10.2. The number of hydrogen-bond donors (Lipinski definition) is 0. The van der Waals surface area contributed by atoms with Crippen LogP contribution in [0.2, 0.25) is 0 Å². The molecule has 4 nitrogen and oxygen atoms in total. The van der Waals surface area contributed by atoms with Crippen molar-refractivity contribution in [3.8, 4) is 5.75 Å². The minimum atomic E-state index is -4.68. The number of ether oxygens (including phenoxy) is 2. The highest BCUT2D eigenvalue weighted by Crippen LogP contribution is 2.35. The number of halogens is 3. The van der Waals surface area contributed by atoms with Gasteiger partial charge < -0.3 is 9.47 Å². The summed E-state index contributed by atoms with van der Waals surface area (Å²) in [6.45, 7) is 1.38. The molecule has 0 saturated carbocycles. The molecule has 0 unspecified atom stereocenters. The molecule has 0 heterocycles. The van der Waals surface area contributed by atoms with E-state index in [2.05, 4.69) is 9.47 Å². The molecule has 0 atom stereocenters. The molecule has 0 fully saturated rings. The summed E-state index contributed by atoms with van der Waals surface area (Å²) in [6.07, 6.45) is -4.68. The van der Waals surface area contributed by atoms with E-state index in [0.29, 0.717) is 0 Å². The lowest BCUT2D eigenvalue weighted by molar-refractivity contribution is -0.162. The maximum absolute atomic E-state index is 12.5. The highest BCUT2D eigenvalue weighted by Gasteiger charge is 2.35. The number of benzene rings is 1. The summed E-state index contributed by atoms with van der Waals surface area (Å²) >= 11 is 0. The van der Waals surface area contributed by atoms with Crippen molar-refractivity contribution in [1.29, 1.82) is 0 Å². The topological polar surface area (TPSA) is 52.6 Å². The van der Waals surface area contributed by atoms with Crippen LogP contribution < -0.4 is 4.74 Å². The van der Waals surface area contributed by atoms with Crippen molar-refractivity contribution in [3.05, 3.63) is 29.8 Å². The van der Waals surface area contributed by atoms with Gasteiger partial charge in [0.2, 0.25) is 0 Å². The van der Waals surface area contributed by atoms with Gasteiger partial charge in [0.05, 0.1) is 12.2 Å². The third-order valence-corrected chi connectivity index (χ3v) is 1.84. The third-order valence-electron chi connectivity index (χ3n) is 1.84. The van der Waals surface area contributed by atoms with Crippen molar-refractivity contribution in [2.45, 2.75) is 13.1 Å². The molecule has 0 aromatic heterocycles. The van der Waals surface area contributed by atoms with Gasteiger partial charge in [-0.25, -0.2) is 9.59 Å². The second-order valence-electron chi connectivity index (χ2n) is 3.10. The molecular weight excluding hydrogens is 253 g/mol. The first kappa shape index (κ1) is 14.0. The summed E-state index contributed by atoms with van der Waals surface area (Å²) in [5.74, 6) is -3.56. The highest BCUT2D eigenvalue weighted by molar-refractivity contribution is 6.30. The van der Waals surface area contributed by atoms with E-state index in [4.69, 9.17) is 0 Å². The van der Waals surface area contributed by atoms with Gasteiger partial charge in [0.25, 0.3) is 0 Å². The summed E-state index contributed by atoms with van der Waals surface area (Å²) in [5.41, 5.74) is -1.14. The molecule has 98 valence electrons. The number of hydrogen-bond acceptors (Lipinski definition) is 4. The van der Waals surface area contributed by atoms with E-state index in [1.54, 1.807) is 0 Å². The van der Waals surface area contributed by atoms with Gasteiger partial charge in [0, 0.05) is 0 Å². The average molecular weight is 262 g/mol. The fraction of sp³-hybridized carbons (Fsp3) is 0.273. The summed E-state index contributed by atoms with van der Waals surface area (Å²) in [4.78, 5) is 22.0. The Morgan fingerprint density at radius 1 is 1.17 bits per heavy atom. The van der Waals surface area contributed by atoms with Crippen LogP contribution in [0.3, 0.4) is 0 Å². The Morgan fingerprint density at radius 3 is 2.33 bits per heavy atom. The standard InChI is InChI=1S/C11H9F3O4/c1-2-17-9(15)10(16)18-8-6-4-3-5-7(8)11(12,13)14/h3-6H,2H2,1H3. The molecular formula is C11H9F3O4. The molecule has 0 amide bonds. The Morgan fingerprint density at radius 2 is 1.78 bits per heavy atom. The molecule has 7 heteroatoms. The highest BCUT2D eigenvalue weighted by atomic mass is 19.4. The summed E-state index contributed by atoms with van der Waals surface area (Å²) < 4.78 is 46.3. The van der Waals surface area contributed by atoms with Crippen molar-refractivity contribution in [1.82, 2.24) is 0 Å². The average Bonchev–Trinajstić information content (AvgIpc) is 2.28. The first-order valence-electron chi connectivity index (χ1n) is 4.91. The second-order valence-corrected chi connectivity index (χ2v) is 3.10. The van der Waals surface area contributed by atoms with Gasteiger partial charge in [0.15, 0.2) is 0 Å². The van der Waals surface area contributed by atoms with Gasteiger partial charge in [-0.05, 0) is 19.1 Å². The van der Waals surface area contributed by atoms with Crippen molar-refractivity contribution in [2.24, 2.45) is 0 Å². The van der Waals surface area contributed by atoms with Gasteiger partial charge >= 0.3 is 18.1 Å². The Bertz CT molecular complexity index is 454. The van der Waals surface area contributed by atoms with Crippen LogP contribution in [0.4, 0.5) is 13.2 Å². The van der Waals surface area contributed by atoms with E-state index in [0.717, 1.165) is 18.2 Å². The van der Waals surface area contributed by atoms with Crippen LogP contribution in [0.5, 0.6) is 5.75 Å². The monoisotopic (exact) mass is 262 g/mol. The largest absolute Gasteiger partial charge is 0.458 e. The lowest BCUT2D eigenvalue weighted by Gasteiger charge is -2.11. The van der Waals surface area contributed by atoms with Crippen molar-refractivity contribution >= 4 is 11.9 Å². The zero-order valence-electron chi connectivity index (χ0n) is 9.28. The van der Waals surface area contributed by atoms with Crippen molar-refractivity contribution in [3.63, 3.8) is 0 Å². The molecule has 18 heavy (non-hydrogen) atoms. The molecule has 0 radical (unpaired) electrons. The molecule has 1 aromatic rings. The van der Waals surface area contributed by atoms with Crippen LogP contribution in [-0.4, -0.2) is 18.5 Å². The summed E-state index contributed by atoms with van der Waals surface area (Å²) in [6, 6.07) is 4.08. The predicted octanol–water partition coefficient (Wildman–Crippen LogP) is 2.17. The van der Waals surface area contributed by atoms with Gasteiger partial charge in [-0.15, -0.1) is 0 Å². The SMILES string of the molecule is CCOC(=O)C(=O)Oc1ccccc1C(F)(F)F. The van der Waals surface area contributed by atoms with Gasteiger partial charge in [-0.1, -0.05) is 12.1 Å². The Balaban J connectivity index is 2.92. The van der Waals surface area contributed by atoms with Crippen LogP contribution in [-0.2, 0) is 20.5 Å². The zero-order valence-corrected chi connectivity index (χ0v) is 9.28. The van der Waals surface area contributed by atoms with E-state index >= 15 is 0 Å². The molecule has 1 rings (SSSR count). The number of carbonyl (C=O) groups excluding carboxylic acids is 2. The van der Waals surface area contributed by atoms with Crippen LogP contribution in [0, 0.1) is 0 Å². The van der Waals surface area contributed by atoms with Crippen LogP contribution in [0.1, 0.15) is 12.5 Å². The van der Waals surface area contributed by atoms with Crippen LogP contribution in [0.25, 0.3) is 0 Å².